The molecule has 0 saturated carbocycles. The largest absolute Gasteiger partial charge is 0.480 e. The van der Waals surface area contributed by atoms with Crippen molar-refractivity contribution in [2.24, 2.45) is 0 Å². The second kappa shape index (κ2) is 6.11. The number of hydrogen-bond acceptors (Lipinski definition) is 3. The van der Waals surface area contributed by atoms with E-state index in [-0.39, 0.29) is 12.2 Å². The summed E-state index contributed by atoms with van der Waals surface area (Å²) in [6, 6.07) is 5.01. The third-order valence-corrected chi connectivity index (χ3v) is 2.56. The van der Waals surface area contributed by atoms with Crippen molar-refractivity contribution in [1.82, 2.24) is 4.90 Å². The summed E-state index contributed by atoms with van der Waals surface area (Å²) >= 11 is 0. The molecule has 18 heavy (non-hydrogen) atoms. The highest BCUT2D eigenvalue weighted by atomic mass is 19.1. The van der Waals surface area contributed by atoms with Crippen molar-refractivity contribution in [2.45, 2.75) is 13.0 Å². The predicted octanol–water partition coefficient (Wildman–Crippen LogP) is 1.17. The normalized spacial score (nSPS) is 12.2. The second-order valence-corrected chi connectivity index (χ2v) is 3.96. The van der Waals surface area contributed by atoms with E-state index in [4.69, 9.17) is 5.11 Å². The number of nitrogens with one attached hydrogen (secondary N) is 1. The Bertz CT molecular complexity index is 451. The van der Waals surface area contributed by atoms with Crippen molar-refractivity contribution in [2.75, 3.05) is 18.9 Å². The Morgan fingerprint density at radius 3 is 2.61 bits per heavy atom. The van der Waals surface area contributed by atoms with Crippen molar-refractivity contribution in [3.8, 4) is 0 Å². The van der Waals surface area contributed by atoms with Crippen LogP contribution in [0.3, 0.4) is 0 Å². The number of anilines is 1. The third-order valence-electron chi connectivity index (χ3n) is 2.56. The summed E-state index contributed by atoms with van der Waals surface area (Å²) in [5, 5.41) is 11.2. The van der Waals surface area contributed by atoms with Gasteiger partial charge in [0.05, 0.1) is 12.2 Å². The Hall–Kier alpha value is -1.95. The van der Waals surface area contributed by atoms with Gasteiger partial charge in [0.1, 0.15) is 11.9 Å². The minimum atomic E-state index is -1.02. The first-order chi connectivity index (χ1) is 8.41. The van der Waals surface area contributed by atoms with Gasteiger partial charge in [-0.25, -0.2) is 4.39 Å². The fourth-order valence-corrected chi connectivity index (χ4v) is 1.30. The monoisotopic (exact) mass is 254 g/mol. The van der Waals surface area contributed by atoms with E-state index in [9.17, 15) is 14.0 Å². The van der Waals surface area contributed by atoms with Gasteiger partial charge in [-0.3, -0.25) is 14.5 Å². The first-order valence-electron chi connectivity index (χ1n) is 5.39. The molecular formula is C12H15FN2O3. The number of rotatable bonds is 5. The number of nitrogens with zero attached hydrogens (tertiary/aromatic N) is 1. The van der Waals surface area contributed by atoms with Crippen LogP contribution in [0.5, 0.6) is 0 Å². The molecule has 5 nitrogen and oxygen atoms in total. The van der Waals surface area contributed by atoms with Gasteiger partial charge in [-0.15, -0.1) is 0 Å². The first kappa shape index (κ1) is 14.1. The smallest absolute Gasteiger partial charge is 0.320 e. The van der Waals surface area contributed by atoms with Crippen LogP contribution in [0.15, 0.2) is 24.3 Å². The van der Waals surface area contributed by atoms with Crippen molar-refractivity contribution in [3.63, 3.8) is 0 Å². The summed E-state index contributed by atoms with van der Waals surface area (Å²) in [4.78, 5) is 23.7. The zero-order chi connectivity index (χ0) is 13.7. The highest BCUT2D eigenvalue weighted by molar-refractivity contribution is 5.92. The molecule has 1 aromatic carbocycles. The van der Waals surface area contributed by atoms with Gasteiger partial charge >= 0.3 is 5.97 Å². The van der Waals surface area contributed by atoms with E-state index in [2.05, 4.69) is 5.32 Å². The first-order valence-corrected chi connectivity index (χ1v) is 5.39. The van der Waals surface area contributed by atoms with E-state index < -0.39 is 23.7 Å². The average Bonchev–Trinajstić information content (AvgIpc) is 2.30. The number of hydrogen-bond donors (Lipinski definition) is 2. The number of carboxylic acid groups (broad SMARTS) is 1. The van der Waals surface area contributed by atoms with E-state index in [0.717, 1.165) is 0 Å². The number of amides is 1. The standard InChI is InChI=1S/C12H15FN2O3/c1-8(12(17)18)15(2)7-11(16)14-10-6-4-3-5-9(10)13/h3-6,8H,7H2,1-2H3,(H,14,16)(H,17,18). The number of aliphatic carboxylic acids is 1. The molecule has 0 aliphatic heterocycles. The van der Waals surface area contributed by atoms with Gasteiger partial charge < -0.3 is 10.4 Å². The summed E-state index contributed by atoms with van der Waals surface area (Å²) in [6.45, 7) is 1.35. The van der Waals surface area contributed by atoms with Gasteiger partial charge in [-0.05, 0) is 26.1 Å². The lowest BCUT2D eigenvalue weighted by Gasteiger charge is -2.20. The quantitative estimate of drug-likeness (QED) is 0.827. The van der Waals surface area contributed by atoms with E-state index in [0.29, 0.717) is 0 Å². The second-order valence-electron chi connectivity index (χ2n) is 3.96. The molecule has 98 valence electrons. The van der Waals surface area contributed by atoms with Gasteiger partial charge in [-0.1, -0.05) is 12.1 Å². The van der Waals surface area contributed by atoms with Crippen LogP contribution in [0.2, 0.25) is 0 Å². The van der Waals surface area contributed by atoms with Gasteiger partial charge in [0.25, 0.3) is 0 Å². The van der Waals surface area contributed by atoms with Gasteiger partial charge in [-0.2, -0.15) is 0 Å². The minimum Gasteiger partial charge on any atom is -0.480 e. The summed E-state index contributed by atoms with van der Waals surface area (Å²) < 4.78 is 13.3. The van der Waals surface area contributed by atoms with Crippen LogP contribution in [0.4, 0.5) is 10.1 Å². The van der Waals surface area contributed by atoms with Crippen LogP contribution < -0.4 is 5.32 Å². The summed E-state index contributed by atoms with van der Waals surface area (Å²) in [7, 11) is 1.51. The number of carboxylic acids is 1. The van der Waals surface area contributed by atoms with E-state index in [1.807, 2.05) is 0 Å². The summed E-state index contributed by atoms with van der Waals surface area (Å²) in [5.74, 6) is -2.01. The van der Waals surface area contributed by atoms with Gasteiger partial charge in [0.2, 0.25) is 5.91 Å². The zero-order valence-electron chi connectivity index (χ0n) is 10.2. The molecule has 1 unspecified atom stereocenters. The van der Waals surface area contributed by atoms with Crippen LogP contribution in [0.25, 0.3) is 0 Å². The predicted molar refractivity (Wildman–Crippen MR) is 64.8 cm³/mol. The van der Waals surface area contributed by atoms with E-state index in [1.165, 1.54) is 37.1 Å². The molecule has 0 bridgehead atoms. The molecule has 0 radical (unpaired) electrons. The van der Waals surface area contributed by atoms with Crippen molar-refractivity contribution in [1.29, 1.82) is 0 Å². The number of halogens is 1. The Balaban J connectivity index is 2.57. The molecule has 1 aromatic rings. The van der Waals surface area contributed by atoms with Crippen molar-refractivity contribution < 1.29 is 19.1 Å². The molecule has 0 fully saturated rings. The maximum absolute atomic E-state index is 13.3. The molecule has 0 spiro atoms. The highest BCUT2D eigenvalue weighted by Crippen LogP contribution is 2.12. The molecule has 0 aromatic heterocycles. The van der Waals surface area contributed by atoms with Crippen LogP contribution >= 0.6 is 0 Å². The lowest BCUT2D eigenvalue weighted by atomic mass is 10.3. The van der Waals surface area contributed by atoms with Gasteiger partial charge in [0.15, 0.2) is 0 Å². The number of carbonyl (C=O) groups is 2. The van der Waals surface area contributed by atoms with Gasteiger partial charge in [0, 0.05) is 0 Å². The fourth-order valence-electron chi connectivity index (χ4n) is 1.30. The molecule has 6 heteroatoms. The molecule has 1 amide bonds. The molecule has 1 rings (SSSR count). The highest BCUT2D eigenvalue weighted by Gasteiger charge is 2.19. The Morgan fingerprint density at radius 2 is 2.06 bits per heavy atom. The molecule has 0 aliphatic carbocycles. The molecule has 1 atom stereocenters. The maximum Gasteiger partial charge on any atom is 0.320 e. The summed E-state index contributed by atoms with van der Waals surface area (Å²) in [6.07, 6.45) is 0. The molecule has 0 aliphatic rings. The van der Waals surface area contributed by atoms with E-state index in [1.54, 1.807) is 6.07 Å². The lowest BCUT2D eigenvalue weighted by molar-refractivity contribution is -0.142. The molecule has 0 heterocycles. The van der Waals surface area contributed by atoms with Crippen LogP contribution in [-0.2, 0) is 9.59 Å². The number of para-hydroxylation sites is 1. The fraction of sp³-hybridized carbons (Fsp3) is 0.333. The van der Waals surface area contributed by atoms with Crippen molar-refractivity contribution >= 4 is 17.6 Å². The molecule has 0 saturated heterocycles. The Labute approximate surface area is 104 Å². The topological polar surface area (TPSA) is 69.6 Å². The van der Waals surface area contributed by atoms with Crippen LogP contribution in [0.1, 0.15) is 6.92 Å². The average molecular weight is 254 g/mol. The van der Waals surface area contributed by atoms with Crippen LogP contribution in [0, 0.1) is 5.82 Å². The van der Waals surface area contributed by atoms with Crippen molar-refractivity contribution in [3.05, 3.63) is 30.1 Å². The number of carbonyl (C=O) groups excluding carboxylic acids is 1. The van der Waals surface area contributed by atoms with Crippen LogP contribution in [-0.4, -0.2) is 41.5 Å². The zero-order valence-corrected chi connectivity index (χ0v) is 10.2. The third kappa shape index (κ3) is 3.81. The summed E-state index contributed by atoms with van der Waals surface area (Å²) in [5.41, 5.74) is 0.0823. The Kier molecular flexibility index (Phi) is 4.79. The molecular weight excluding hydrogens is 239 g/mol. The number of likely N-dealkylation sites (N-methyl/N-ethyl adjacent to an activating group) is 1. The Morgan fingerprint density at radius 1 is 1.44 bits per heavy atom. The number of benzene rings is 1. The SMILES string of the molecule is CC(C(=O)O)N(C)CC(=O)Nc1ccccc1F. The minimum absolute atomic E-state index is 0.0823. The van der Waals surface area contributed by atoms with E-state index >= 15 is 0 Å². The maximum atomic E-state index is 13.3. The molecule has 2 N–H and O–H groups in total. The lowest BCUT2D eigenvalue weighted by Crippen LogP contribution is -2.40.